The molecule has 1 aliphatic heterocycles. The normalized spacial score (nSPS) is 13.8. The number of carbonyl (C=O) groups excluding carboxylic acids is 1. The summed E-state index contributed by atoms with van der Waals surface area (Å²) >= 11 is 6.06. The minimum atomic E-state index is -1.02. The fraction of sp³-hybridized carbons (Fsp3) is 0.105. The van der Waals surface area contributed by atoms with Crippen molar-refractivity contribution in [3.05, 3.63) is 64.8 Å². The van der Waals surface area contributed by atoms with Gasteiger partial charge in [0.2, 0.25) is 11.9 Å². The molecule has 2 aromatic carbocycles. The highest BCUT2D eigenvalue weighted by Crippen LogP contribution is 2.34. The molecule has 136 valence electrons. The van der Waals surface area contributed by atoms with Gasteiger partial charge in [-0.05, 0) is 35.9 Å². The number of hydrogen-bond donors (Lipinski definition) is 4. The second-order valence-corrected chi connectivity index (χ2v) is 6.61. The number of rotatable bonds is 3. The van der Waals surface area contributed by atoms with E-state index >= 15 is 0 Å². The van der Waals surface area contributed by atoms with E-state index in [1.807, 2.05) is 6.07 Å². The molecule has 0 saturated carbocycles. The Morgan fingerprint density at radius 3 is 2.74 bits per heavy atom. The maximum atomic E-state index is 12.1. The molecule has 1 aliphatic rings. The van der Waals surface area contributed by atoms with Crippen LogP contribution in [0.2, 0.25) is 5.02 Å². The monoisotopic (exact) mass is 381 g/mol. The van der Waals surface area contributed by atoms with Gasteiger partial charge in [0, 0.05) is 28.0 Å². The maximum absolute atomic E-state index is 12.1. The summed E-state index contributed by atoms with van der Waals surface area (Å²) in [6, 6.07) is 12.3. The molecule has 1 atom stereocenters. The highest BCUT2D eigenvalue weighted by molar-refractivity contribution is 6.31. The molecule has 1 aromatic heterocycles. The van der Waals surface area contributed by atoms with E-state index < -0.39 is 6.23 Å². The van der Waals surface area contributed by atoms with Gasteiger partial charge in [0.1, 0.15) is 6.23 Å². The van der Waals surface area contributed by atoms with Crippen molar-refractivity contribution in [3.63, 3.8) is 0 Å². The van der Waals surface area contributed by atoms with E-state index in [0.29, 0.717) is 27.9 Å². The number of nitrogens with zero attached hydrogens (tertiary/aromatic N) is 2. The lowest BCUT2D eigenvalue weighted by Gasteiger charge is -2.11. The number of benzene rings is 2. The first-order valence-corrected chi connectivity index (χ1v) is 8.64. The van der Waals surface area contributed by atoms with Crippen LogP contribution in [0.5, 0.6) is 0 Å². The number of aliphatic hydroxyl groups is 1. The number of nitrogens with two attached hydrogens (primary N) is 1. The lowest BCUT2D eigenvalue weighted by molar-refractivity contribution is -0.115. The first-order chi connectivity index (χ1) is 13.0. The largest absolute Gasteiger partial charge is 0.375 e. The van der Waals surface area contributed by atoms with Crippen molar-refractivity contribution in [1.82, 2.24) is 9.97 Å². The van der Waals surface area contributed by atoms with E-state index in [9.17, 15) is 9.90 Å². The molecule has 1 amide bonds. The van der Waals surface area contributed by atoms with Crippen molar-refractivity contribution in [2.24, 2.45) is 5.73 Å². The van der Waals surface area contributed by atoms with Crippen molar-refractivity contribution < 1.29 is 9.90 Å². The van der Waals surface area contributed by atoms with Crippen LogP contribution in [-0.2, 0) is 11.2 Å². The second-order valence-electron chi connectivity index (χ2n) is 6.17. The average molecular weight is 382 g/mol. The van der Waals surface area contributed by atoms with Crippen molar-refractivity contribution in [1.29, 1.82) is 0 Å². The summed E-state index contributed by atoms with van der Waals surface area (Å²) in [4.78, 5) is 21.0. The zero-order valence-corrected chi connectivity index (χ0v) is 14.9. The van der Waals surface area contributed by atoms with Crippen LogP contribution in [0, 0.1) is 0 Å². The minimum absolute atomic E-state index is 0.141. The number of nitrogens with one attached hydrogen (secondary N) is 2. The summed E-state index contributed by atoms with van der Waals surface area (Å²) < 4.78 is 0. The smallest absolute Gasteiger partial charge is 0.228 e. The molecule has 7 nitrogen and oxygen atoms in total. The lowest BCUT2D eigenvalue weighted by Crippen LogP contribution is -2.12. The maximum Gasteiger partial charge on any atom is 0.228 e. The molecule has 27 heavy (non-hydrogen) atoms. The van der Waals surface area contributed by atoms with Gasteiger partial charge in [-0.15, -0.1) is 0 Å². The first-order valence-electron chi connectivity index (χ1n) is 8.26. The Labute approximate surface area is 160 Å². The molecular weight excluding hydrogens is 366 g/mol. The fourth-order valence-corrected chi connectivity index (χ4v) is 3.09. The second kappa shape index (κ2) is 6.96. The standard InChI is InChI=1S/C19H16ClN5O2/c20-12-3-6-14-15(8-12)24-16(26)7-11-9-22-19(25-17(11)14)23-13-4-1-10(2-5-13)18(21)27/h1-6,8-9,18,27H,7,21H2,(H,24,26)(H,22,23,25). The number of carbonyl (C=O) groups is 1. The number of anilines is 3. The SMILES string of the molecule is NC(O)c1ccc(Nc2ncc3c(n2)-c2ccc(Cl)cc2NC(=O)C3)cc1. The molecule has 0 radical (unpaired) electrons. The van der Waals surface area contributed by atoms with Crippen LogP contribution in [0.15, 0.2) is 48.7 Å². The van der Waals surface area contributed by atoms with Gasteiger partial charge in [0.05, 0.1) is 17.8 Å². The molecule has 8 heteroatoms. The van der Waals surface area contributed by atoms with Crippen LogP contribution < -0.4 is 16.4 Å². The zero-order valence-electron chi connectivity index (χ0n) is 14.1. The summed E-state index contributed by atoms with van der Waals surface area (Å²) in [5.41, 5.74) is 9.62. The van der Waals surface area contributed by atoms with E-state index in [1.165, 1.54) is 0 Å². The van der Waals surface area contributed by atoms with Gasteiger partial charge in [0.15, 0.2) is 0 Å². The summed E-state index contributed by atoms with van der Waals surface area (Å²) in [6.07, 6.45) is 0.813. The van der Waals surface area contributed by atoms with Gasteiger partial charge in [-0.1, -0.05) is 23.7 Å². The number of halogens is 1. The van der Waals surface area contributed by atoms with Crippen molar-refractivity contribution in [3.8, 4) is 11.3 Å². The Morgan fingerprint density at radius 2 is 2.00 bits per heavy atom. The number of aromatic nitrogens is 2. The van der Waals surface area contributed by atoms with Gasteiger partial charge in [-0.2, -0.15) is 0 Å². The van der Waals surface area contributed by atoms with Crippen molar-refractivity contribution in [2.45, 2.75) is 12.6 Å². The number of aliphatic hydroxyl groups excluding tert-OH is 1. The third-order valence-electron chi connectivity index (χ3n) is 4.23. The predicted molar refractivity (Wildman–Crippen MR) is 104 cm³/mol. The summed E-state index contributed by atoms with van der Waals surface area (Å²) in [5.74, 6) is 0.252. The van der Waals surface area contributed by atoms with Crippen LogP contribution in [-0.4, -0.2) is 21.0 Å². The lowest BCUT2D eigenvalue weighted by atomic mass is 10.1. The quantitative estimate of drug-likeness (QED) is 0.519. The van der Waals surface area contributed by atoms with E-state index in [4.69, 9.17) is 17.3 Å². The van der Waals surface area contributed by atoms with Gasteiger partial charge < -0.3 is 21.5 Å². The van der Waals surface area contributed by atoms with Gasteiger partial charge >= 0.3 is 0 Å². The molecule has 0 bridgehead atoms. The third kappa shape index (κ3) is 3.61. The topological polar surface area (TPSA) is 113 Å². The van der Waals surface area contributed by atoms with Gasteiger partial charge in [-0.25, -0.2) is 9.97 Å². The molecule has 5 N–H and O–H groups in total. The minimum Gasteiger partial charge on any atom is -0.375 e. The average Bonchev–Trinajstić information content (AvgIpc) is 2.77. The molecular formula is C19H16ClN5O2. The van der Waals surface area contributed by atoms with Crippen LogP contribution >= 0.6 is 11.6 Å². The molecule has 2 heterocycles. The number of hydrogen-bond acceptors (Lipinski definition) is 6. The fourth-order valence-electron chi connectivity index (χ4n) is 2.92. The number of fused-ring (bicyclic) bond motifs is 3. The molecule has 3 aromatic rings. The van der Waals surface area contributed by atoms with Gasteiger partial charge in [0.25, 0.3) is 0 Å². The van der Waals surface area contributed by atoms with Crippen LogP contribution in [0.25, 0.3) is 11.3 Å². The third-order valence-corrected chi connectivity index (χ3v) is 4.47. The number of amides is 1. The Morgan fingerprint density at radius 1 is 1.22 bits per heavy atom. The first kappa shape index (κ1) is 17.4. The van der Waals surface area contributed by atoms with Crippen LogP contribution in [0.1, 0.15) is 17.4 Å². The van der Waals surface area contributed by atoms with E-state index in [0.717, 1.165) is 16.8 Å². The molecule has 1 unspecified atom stereocenters. The van der Waals surface area contributed by atoms with Gasteiger partial charge in [-0.3, -0.25) is 4.79 Å². The highest BCUT2D eigenvalue weighted by atomic mass is 35.5. The van der Waals surface area contributed by atoms with E-state index in [-0.39, 0.29) is 12.3 Å². The summed E-state index contributed by atoms with van der Waals surface area (Å²) in [6.45, 7) is 0. The summed E-state index contributed by atoms with van der Waals surface area (Å²) in [7, 11) is 0. The highest BCUT2D eigenvalue weighted by Gasteiger charge is 2.21. The Balaban J connectivity index is 1.70. The zero-order chi connectivity index (χ0) is 19.0. The summed E-state index contributed by atoms with van der Waals surface area (Å²) in [5, 5.41) is 15.9. The molecule has 0 saturated heterocycles. The van der Waals surface area contributed by atoms with Crippen LogP contribution in [0.4, 0.5) is 17.3 Å². The Bertz CT molecular complexity index is 1020. The Kier molecular flexibility index (Phi) is 4.49. The van der Waals surface area contributed by atoms with Crippen molar-refractivity contribution in [2.75, 3.05) is 10.6 Å². The molecule has 0 spiro atoms. The molecule has 0 fully saturated rings. The van der Waals surface area contributed by atoms with Crippen molar-refractivity contribution >= 4 is 34.8 Å². The van der Waals surface area contributed by atoms with E-state index in [2.05, 4.69) is 20.6 Å². The van der Waals surface area contributed by atoms with E-state index in [1.54, 1.807) is 42.6 Å². The molecule has 4 rings (SSSR count). The Hall–Kier alpha value is -3.00. The van der Waals surface area contributed by atoms with Crippen LogP contribution in [0.3, 0.4) is 0 Å². The molecule has 0 aliphatic carbocycles. The predicted octanol–water partition coefficient (Wildman–Crippen LogP) is 2.98.